The molecule has 1 aliphatic heterocycles. The van der Waals surface area contributed by atoms with Gasteiger partial charge in [0.05, 0.1) is 18.1 Å². The van der Waals surface area contributed by atoms with Gasteiger partial charge < -0.3 is 20.3 Å². The number of nitrogens with one attached hydrogen (secondary N) is 2. The summed E-state index contributed by atoms with van der Waals surface area (Å²) in [6.07, 6.45) is 0.373. The van der Waals surface area contributed by atoms with Crippen LogP contribution in [0.15, 0.2) is 42.5 Å². The van der Waals surface area contributed by atoms with E-state index in [0.29, 0.717) is 49.8 Å². The summed E-state index contributed by atoms with van der Waals surface area (Å²) in [5.41, 5.74) is 1.70. The van der Waals surface area contributed by atoms with Crippen LogP contribution in [-0.4, -0.2) is 43.0 Å². The van der Waals surface area contributed by atoms with Gasteiger partial charge in [-0.15, -0.1) is 0 Å². The Morgan fingerprint density at radius 1 is 1.07 bits per heavy atom. The number of morpholine rings is 1. The Bertz CT molecular complexity index is 908. The highest BCUT2D eigenvalue weighted by molar-refractivity contribution is 6.05. The van der Waals surface area contributed by atoms with Gasteiger partial charge in [-0.1, -0.05) is 6.92 Å². The fourth-order valence-electron chi connectivity index (χ4n) is 2.97. The number of benzene rings is 2. The quantitative estimate of drug-likeness (QED) is 0.571. The fraction of sp³-hybridized carbons (Fsp3) is 0.300. The summed E-state index contributed by atoms with van der Waals surface area (Å²) in [6, 6.07) is 11.1. The number of nitro benzene ring substituents is 1. The van der Waals surface area contributed by atoms with E-state index in [9.17, 15) is 19.7 Å². The second kappa shape index (κ2) is 9.16. The molecule has 0 aliphatic carbocycles. The maximum absolute atomic E-state index is 12.5. The largest absolute Gasteiger partial charge is 0.378 e. The Kier molecular flexibility index (Phi) is 6.40. The summed E-state index contributed by atoms with van der Waals surface area (Å²) in [7, 11) is 0. The number of carbonyl (C=O) groups excluding carboxylic acids is 2. The van der Waals surface area contributed by atoms with Crippen LogP contribution < -0.4 is 15.5 Å². The Hall–Kier alpha value is -3.46. The van der Waals surface area contributed by atoms with E-state index >= 15 is 0 Å². The highest BCUT2D eigenvalue weighted by Gasteiger charge is 2.23. The van der Waals surface area contributed by atoms with E-state index in [0.717, 1.165) is 0 Å². The van der Waals surface area contributed by atoms with Gasteiger partial charge in [0.1, 0.15) is 5.69 Å². The molecular weight excluding hydrogens is 376 g/mol. The van der Waals surface area contributed by atoms with Gasteiger partial charge in [-0.05, 0) is 36.4 Å². The van der Waals surface area contributed by atoms with Crippen molar-refractivity contribution in [2.45, 2.75) is 13.3 Å². The first-order valence-corrected chi connectivity index (χ1v) is 9.30. The molecule has 0 saturated carbocycles. The van der Waals surface area contributed by atoms with Gasteiger partial charge in [0.15, 0.2) is 0 Å². The molecule has 0 radical (unpaired) electrons. The zero-order chi connectivity index (χ0) is 20.8. The average Bonchev–Trinajstić information content (AvgIpc) is 2.75. The molecule has 1 aliphatic rings. The molecule has 152 valence electrons. The first-order valence-electron chi connectivity index (χ1n) is 9.30. The lowest BCUT2D eigenvalue weighted by Crippen LogP contribution is -2.36. The highest BCUT2D eigenvalue weighted by atomic mass is 16.6. The van der Waals surface area contributed by atoms with Crippen molar-refractivity contribution < 1.29 is 19.2 Å². The summed E-state index contributed by atoms with van der Waals surface area (Å²) < 4.78 is 5.29. The molecule has 2 aromatic rings. The molecule has 0 spiro atoms. The lowest BCUT2D eigenvalue weighted by Gasteiger charge is -2.28. The molecular formula is C20H22N4O5. The van der Waals surface area contributed by atoms with Crippen LogP contribution >= 0.6 is 0 Å². The third-order valence-corrected chi connectivity index (χ3v) is 4.53. The van der Waals surface area contributed by atoms with Crippen LogP contribution in [0.1, 0.15) is 23.7 Å². The van der Waals surface area contributed by atoms with E-state index in [2.05, 4.69) is 10.6 Å². The van der Waals surface area contributed by atoms with Gasteiger partial charge in [-0.2, -0.15) is 0 Å². The molecule has 9 nitrogen and oxygen atoms in total. The lowest BCUT2D eigenvalue weighted by molar-refractivity contribution is -0.384. The number of carbonyl (C=O) groups is 2. The number of nitro groups is 1. The van der Waals surface area contributed by atoms with Crippen molar-refractivity contribution >= 4 is 34.6 Å². The van der Waals surface area contributed by atoms with E-state index in [-0.39, 0.29) is 17.2 Å². The van der Waals surface area contributed by atoms with Gasteiger partial charge in [-0.25, -0.2) is 0 Å². The lowest BCUT2D eigenvalue weighted by atomic mass is 10.1. The minimum absolute atomic E-state index is 0.102. The third-order valence-electron chi connectivity index (χ3n) is 4.53. The van der Waals surface area contributed by atoms with Crippen molar-refractivity contribution in [2.24, 2.45) is 0 Å². The number of hydrogen-bond acceptors (Lipinski definition) is 6. The van der Waals surface area contributed by atoms with Crippen molar-refractivity contribution in [3.8, 4) is 0 Å². The topological polar surface area (TPSA) is 114 Å². The van der Waals surface area contributed by atoms with Gasteiger partial charge in [-0.3, -0.25) is 19.7 Å². The van der Waals surface area contributed by atoms with Crippen molar-refractivity contribution in [1.29, 1.82) is 0 Å². The Morgan fingerprint density at radius 3 is 2.28 bits per heavy atom. The van der Waals surface area contributed by atoms with Crippen LogP contribution in [0.25, 0.3) is 0 Å². The van der Waals surface area contributed by atoms with Crippen LogP contribution in [0.4, 0.5) is 22.7 Å². The van der Waals surface area contributed by atoms with E-state index in [1.54, 1.807) is 43.3 Å². The van der Waals surface area contributed by atoms with Gasteiger partial charge >= 0.3 is 0 Å². The molecule has 29 heavy (non-hydrogen) atoms. The molecule has 2 N–H and O–H groups in total. The second-order valence-corrected chi connectivity index (χ2v) is 6.49. The summed E-state index contributed by atoms with van der Waals surface area (Å²) in [6.45, 7) is 3.90. The summed E-state index contributed by atoms with van der Waals surface area (Å²) in [5.74, 6) is -0.554. The van der Waals surface area contributed by atoms with Crippen LogP contribution in [-0.2, 0) is 9.53 Å². The van der Waals surface area contributed by atoms with E-state index in [4.69, 9.17) is 4.74 Å². The van der Waals surface area contributed by atoms with Crippen molar-refractivity contribution in [2.75, 3.05) is 41.8 Å². The molecule has 0 unspecified atom stereocenters. The number of rotatable bonds is 6. The summed E-state index contributed by atoms with van der Waals surface area (Å²) in [5, 5.41) is 17.0. The maximum atomic E-state index is 12.5. The smallest absolute Gasteiger partial charge is 0.293 e. The van der Waals surface area contributed by atoms with E-state index in [1.165, 1.54) is 6.07 Å². The normalized spacial score (nSPS) is 13.6. The first-order chi connectivity index (χ1) is 14.0. The Balaban J connectivity index is 1.74. The van der Waals surface area contributed by atoms with Crippen molar-refractivity contribution in [1.82, 2.24) is 0 Å². The highest BCUT2D eigenvalue weighted by Crippen LogP contribution is 2.30. The summed E-state index contributed by atoms with van der Waals surface area (Å²) in [4.78, 5) is 36.9. The minimum Gasteiger partial charge on any atom is -0.378 e. The molecule has 3 rings (SSSR count). The number of anilines is 3. The SMILES string of the molecule is CCC(=O)Nc1ccc(NC(=O)c2ccc(N3CCOCC3)c([N+](=O)[O-])c2)cc1. The van der Waals surface area contributed by atoms with Crippen LogP contribution in [0.3, 0.4) is 0 Å². The molecule has 1 heterocycles. The van der Waals surface area contributed by atoms with Crippen molar-refractivity contribution in [3.63, 3.8) is 0 Å². The van der Waals surface area contributed by atoms with Crippen LogP contribution in [0.2, 0.25) is 0 Å². The zero-order valence-electron chi connectivity index (χ0n) is 16.0. The zero-order valence-corrected chi connectivity index (χ0v) is 16.0. The summed E-state index contributed by atoms with van der Waals surface area (Å²) >= 11 is 0. The predicted octanol–water partition coefficient (Wildman–Crippen LogP) is 3.03. The molecule has 0 aromatic heterocycles. The minimum atomic E-state index is -0.479. The predicted molar refractivity (Wildman–Crippen MR) is 109 cm³/mol. The standard InChI is InChI=1S/C20H22N4O5/c1-2-19(25)21-15-4-6-16(7-5-15)22-20(26)14-3-8-17(18(13-14)24(27)28)23-9-11-29-12-10-23/h3-8,13H,2,9-12H2,1H3,(H,21,25)(H,22,26). The Morgan fingerprint density at radius 2 is 1.69 bits per heavy atom. The third kappa shape index (κ3) is 5.08. The fourth-order valence-corrected chi connectivity index (χ4v) is 2.97. The number of ether oxygens (including phenoxy) is 1. The number of nitrogens with zero attached hydrogens (tertiary/aromatic N) is 2. The average molecular weight is 398 g/mol. The van der Waals surface area contributed by atoms with Gasteiger partial charge in [0, 0.05) is 42.5 Å². The molecule has 2 amide bonds. The molecule has 2 aromatic carbocycles. The second-order valence-electron chi connectivity index (χ2n) is 6.49. The van der Waals surface area contributed by atoms with Crippen LogP contribution in [0, 0.1) is 10.1 Å². The molecule has 0 atom stereocenters. The molecule has 0 bridgehead atoms. The first kappa shape index (κ1) is 20.3. The van der Waals surface area contributed by atoms with E-state index < -0.39 is 10.8 Å². The monoisotopic (exact) mass is 398 g/mol. The molecule has 1 saturated heterocycles. The van der Waals surface area contributed by atoms with Gasteiger partial charge in [0.2, 0.25) is 5.91 Å². The number of hydrogen-bond donors (Lipinski definition) is 2. The Labute approximate surface area is 167 Å². The van der Waals surface area contributed by atoms with E-state index in [1.807, 2.05) is 4.90 Å². The molecule has 1 fully saturated rings. The number of amides is 2. The molecule has 9 heteroatoms. The van der Waals surface area contributed by atoms with Crippen molar-refractivity contribution in [3.05, 3.63) is 58.1 Å². The van der Waals surface area contributed by atoms with Crippen LogP contribution in [0.5, 0.6) is 0 Å². The maximum Gasteiger partial charge on any atom is 0.293 e. The van der Waals surface area contributed by atoms with Gasteiger partial charge in [0.25, 0.3) is 11.6 Å².